The lowest BCUT2D eigenvalue weighted by Crippen LogP contribution is -2.22. The summed E-state index contributed by atoms with van der Waals surface area (Å²) in [5, 5.41) is 3.63. The van der Waals surface area contributed by atoms with Gasteiger partial charge in [0.15, 0.2) is 0 Å². The molecule has 0 aliphatic carbocycles. The van der Waals surface area contributed by atoms with Gasteiger partial charge >= 0.3 is 0 Å². The van der Waals surface area contributed by atoms with Crippen molar-refractivity contribution >= 4 is 28.4 Å². The Morgan fingerprint density at radius 3 is 2.59 bits per heavy atom. The summed E-state index contributed by atoms with van der Waals surface area (Å²) in [5.41, 5.74) is 2.65. The summed E-state index contributed by atoms with van der Waals surface area (Å²) in [4.78, 5) is 21.9. The molecule has 6 nitrogen and oxygen atoms in total. The topological polar surface area (TPSA) is 76.7 Å². The number of rotatable bonds is 4. The molecular formula is C23H19N3O3. The van der Waals surface area contributed by atoms with Gasteiger partial charge in [-0.05, 0) is 55.5 Å². The number of anilines is 1. The molecular weight excluding hydrogens is 366 g/mol. The molecule has 2 heterocycles. The second kappa shape index (κ2) is 7.98. The first-order valence-electron chi connectivity index (χ1n) is 9.09. The van der Waals surface area contributed by atoms with Gasteiger partial charge in [-0.3, -0.25) is 4.79 Å². The molecule has 0 atom stereocenters. The molecule has 6 heteroatoms. The van der Waals surface area contributed by atoms with Crippen LogP contribution in [0.2, 0.25) is 0 Å². The average molecular weight is 385 g/mol. The smallest absolute Gasteiger partial charge is 0.262 e. The number of benzene rings is 2. The summed E-state index contributed by atoms with van der Waals surface area (Å²) in [7, 11) is 1.60. The van der Waals surface area contributed by atoms with E-state index in [4.69, 9.17) is 9.15 Å². The number of carbonyl (C=O) groups excluding carboxylic acids is 1. The number of methoxy groups -OCH3 is 1. The van der Waals surface area contributed by atoms with Crippen molar-refractivity contribution in [3.05, 3.63) is 89.6 Å². The molecule has 0 bridgehead atoms. The van der Waals surface area contributed by atoms with E-state index in [-0.39, 0.29) is 11.5 Å². The van der Waals surface area contributed by atoms with Crippen molar-refractivity contribution in [2.24, 2.45) is 4.99 Å². The van der Waals surface area contributed by atoms with E-state index in [1.54, 1.807) is 43.5 Å². The monoisotopic (exact) mass is 385 g/mol. The van der Waals surface area contributed by atoms with Gasteiger partial charge in [0.1, 0.15) is 22.7 Å². The van der Waals surface area contributed by atoms with Crippen LogP contribution in [0.4, 0.5) is 11.5 Å². The number of hydrogen-bond donors (Lipinski definition) is 1. The normalized spacial score (nSPS) is 11.4. The summed E-state index contributed by atoms with van der Waals surface area (Å²) in [6.07, 6.45) is 0. The number of nitrogens with zero attached hydrogens (tertiary/aromatic N) is 2. The van der Waals surface area contributed by atoms with Crippen LogP contribution in [-0.4, -0.2) is 18.0 Å². The van der Waals surface area contributed by atoms with E-state index in [9.17, 15) is 4.79 Å². The molecule has 1 N–H and O–H groups in total. The number of aryl methyl sites for hydroxylation is 1. The Hall–Kier alpha value is -3.93. The maximum Gasteiger partial charge on any atom is 0.262 e. The predicted molar refractivity (Wildman–Crippen MR) is 111 cm³/mol. The van der Waals surface area contributed by atoms with Crippen LogP contribution >= 0.6 is 0 Å². The molecule has 0 spiro atoms. The number of para-hydroxylation sites is 1. The summed E-state index contributed by atoms with van der Waals surface area (Å²) >= 11 is 0. The summed E-state index contributed by atoms with van der Waals surface area (Å²) in [6.45, 7) is 1.87. The van der Waals surface area contributed by atoms with Gasteiger partial charge in [0.2, 0.25) is 5.55 Å². The molecule has 4 aromatic rings. The lowest BCUT2D eigenvalue weighted by atomic mass is 10.1. The Morgan fingerprint density at radius 1 is 1.03 bits per heavy atom. The van der Waals surface area contributed by atoms with Crippen molar-refractivity contribution in [2.75, 3.05) is 12.4 Å². The van der Waals surface area contributed by atoms with E-state index < -0.39 is 0 Å². The number of aromatic nitrogens is 1. The quantitative estimate of drug-likeness (QED) is 0.556. The lowest BCUT2D eigenvalue weighted by Gasteiger charge is -2.07. The fraction of sp³-hybridized carbons (Fsp3) is 0.0870. The fourth-order valence-electron chi connectivity index (χ4n) is 2.89. The Bertz CT molecular complexity index is 1240. The minimum Gasteiger partial charge on any atom is -0.497 e. The third-order valence-corrected chi connectivity index (χ3v) is 4.33. The van der Waals surface area contributed by atoms with Crippen molar-refractivity contribution in [3.63, 3.8) is 0 Å². The molecule has 0 unspecified atom stereocenters. The molecule has 4 rings (SSSR count). The average Bonchev–Trinajstić information content (AvgIpc) is 2.74. The molecule has 0 saturated heterocycles. The largest absolute Gasteiger partial charge is 0.497 e. The van der Waals surface area contributed by atoms with E-state index in [1.807, 2.05) is 43.3 Å². The third kappa shape index (κ3) is 4.16. The number of pyridine rings is 1. The molecule has 144 valence electrons. The first-order chi connectivity index (χ1) is 14.1. The van der Waals surface area contributed by atoms with Gasteiger partial charge in [0.25, 0.3) is 5.91 Å². The third-order valence-electron chi connectivity index (χ3n) is 4.33. The van der Waals surface area contributed by atoms with Crippen molar-refractivity contribution in [2.45, 2.75) is 6.92 Å². The van der Waals surface area contributed by atoms with E-state index in [0.717, 1.165) is 16.8 Å². The van der Waals surface area contributed by atoms with E-state index >= 15 is 0 Å². The molecule has 0 aliphatic heterocycles. The number of nitrogens with one attached hydrogen (secondary N) is 1. The van der Waals surface area contributed by atoms with Crippen LogP contribution in [0.1, 0.15) is 16.1 Å². The highest BCUT2D eigenvalue weighted by Gasteiger charge is 2.13. The number of ether oxygens (including phenoxy) is 1. The van der Waals surface area contributed by atoms with E-state index in [0.29, 0.717) is 22.7 Å². The van der Waals surface area contributed by atoms with Crippen LogP contribution in [0.15, 0.2) is 82.2 Å². The zero-order valence-electron chi connectivity index (χ0n) is 16.0. The molecule has 0 fully saturated rings. The van der Waals surface area contributed by atoms with E-state index in [1.165, 1.54) is 0 Å². The van der Waals surface area contributed by atoms with Crippen LogP contribution in [0.25, 0.3) is 11.0 Å². The summed E-state index contributed by atoms with van der Waals surface area (Å²) < 4.78 is 11.1. The first-order valence-corrected chi connectivity index (χ1v) is 9.09. The second-order valence-electron chi connectivity index (χ2n) is 6.43. The molecule has 0 saturated carbocycles. The van der Waals surface area contributed by atoms with Gasteiger partial charge in [-0.1, -0.05) is 24.3 Å². The maximum absolute atomic E-state index is 13.0. The van der Waals surface area contributed by atoms with E-state index in [2.05, 4.69) is 15.3 Å². The molecule has 1 amide bonds. The molecule has 2 aromatic carbocycles. The highest BCUT2D eigenvalue weighted by Crippen LogP contribution is 2.19. The van der Waals surface area contributed by atoms with Crippen molar-refractivity contribution in [1.82, 2.24) is 4.98 Å². The number of amides is 1. The van der Waals surface area contributed by atoms with Crippen molar-refractivity contribution in [1.29, 1.82) is 0 Å². The van der Waals surface area contributed by atoms with Gasteiger partial charge in [-0.15, -0.1) is 0 Å². The van der Waals surface area contributed by atoms with Crippen LogP contribution in [-0.2, 0) is 0 Å². The van der Waals surface area contributed by atoms with Crippen molar-refractivity contribution in [3.8, 4) is 5.75 Å². The fourth-order valence-corrected chi connectivity index (χ4v) is 2.89. The molecule has 29 heavy (non-hydrogen) atoms. The standard InChI is InChI=1S/C23H19N3O3/c1-15-6-5-9-21(24-15)26-22(27)19-14-16-7-3-4-8-20(16)29-23(19)25-17-10-12-18(28-2)13-11-17/h3-14H,1-2H3,(H,24,26,27). The summed E-state index contributed by atoms with van der Waals surface area (Å²) in [5.74, 6) is 0.853. The highest BCUT2D eigenvalue weighted by atomic mass is 16.5. The van der Waals surface area contributed by atoms with Crippen LogP contribution in [0.3, 0.4) is 0 Å². The second-order valence-corrected chi connectivity index (χ2v) is 6.43. The Balaban J connectivity index is 1.81. The number of hydrogen-bond acceptors (Lipinski definition) is 5. The molecule has 0 radical (unpaired) electrons. The Morgan fingerprint density at radius 2 is 1.83 bits per heavy atom. The van der Waals surface area contributed by atoms with Crippen molar-refractivity contribution < 1.29 is 13.9 Å². The SMILES string of the molecule is COc1ccc(N=c2oc3ccccc3cc2C(=O)Nc2cccc(C)n2)cc1. The first kappa shape index (κ1) is 18.4. The molecule has 0 aliphatic rings. The minimum absolute atomic E-state index is 0.221. The van der Waals surface area contributed by atoms with Crippen LogP contribution < -0.4 is 15.6 Å². The minimum atomic E-state index is -0.343. The zero-order chi connectivity index (χ0) is 20.2. The van der Waals surface area contributed by atoms with Gasteiger partial charge in [0, 0.05) is 11.1 Å². The van der Waals surface area contributed by atoms with Crippen LogP contribution in [0, 0.1) is 6.92 Å². The van der Waals surface area contributed by atoms with Gasteiger partial charge < -0.3 is 14.5 Å². The number of fused-ring (bicyclic) bond motifs is 1. The maximum atomic E-state index is 13.0. The predicted octanol–water partition coefficient (Wildman–Crippen LogP) is 4.63. The van der Waals surface area contributed by atoms with Gasteiger partial charge in [-0.25, -0.2) is 9.98 Å². The highest BCUT2D eigenvalue weighted by molar-refractivity contribution is 6.04. The Labute approximate surface area is 167 Å². The lowest BCUT2D eigenvalue weighted by molar-refractivity contribution is 0.102. The van der Waals surface area contributed by atoms with Gasteiger partial charge in [-0.2, -0.15) is 0 Å². The summed E-state index contributed by atoms with van der Waals surface area (Å²) in [6, 6.07) is 21.9. The number of carbonyl (C=O) groups is 1. The zero-order valence-corrected chi connectivity index (χ0v) is 16.0. The Kier molecular flexibility index (Phi) is 5.07. The van der Waals surface area contributed by atoms with Gasteiger partial charge in [0.05, 0.1) is 12.8 Å². The van der Waals surface area contributed by atoms with Crippen LogP contribution in [0.5, 0.6) is 5.75 Å². The molecule has 2 aromatic heterocycles.